The monoisotopic (exact) mass is 213 g/mol. The summed E-state index contributed by atoms with van der Waals surface area (Å²) in [5, 5.41) is 12.4. The number of hydrogen-bond acceptors (Lipinski definition) is 3. The summed E-state index contributed by atoms with van der Waals surface area (Å²) < 4.78 is 5.68. The smallest absolute Gasteiger partial charge is 0.308 e. The van der Waals surface area contributed by atoms with Crippen LogP contribution in [-0.2, 0) is 9.53 Å². The standard InChI is InChI=1S/C11H19NO3/c1-7-3-11(4-8(2)15-7)6-12-5-9(11)10(13)14/h7-9,12H,3-6H2,1-2H3,(H,13,14). The first-order valence-electron chi connectivity index (χ1n) is 5.62. The highest BCUT2D eigenvalue weighted by Crippen LogP contribution is 2.44. The van der Waals surface area contributed by atoms with Crippen molar-refractivity contribution in [1.82, 2.24) is 5.32 Å². The molecule has 0 aliphatic carbocycles. The van der Waals surface area contributed by atoms with Crippen molar-refractivity contribution in [2.75, 3.05) is 13.1 Å². The molecule has 3 unspecified atom stereocenters. The third-order valence-electron chi connectivity index (χ3n) is 3.72. The average Bonchev–Trinajstić information content (AvgIpc) is 2.45. The Bertz CT molecular complexity index is 257. The van der Waals surface area contributed by atoms with Crippen molar-refractivity contribution in [2.45, 2.75) is 38.9 Å². The lowest BCUT2D eigenvalue weighted by Crippen LogP contribution is -2.45. The third kappa shape index (κ3) is 1.88. The van der Waals surface area contributed by atoms with E-state index in [9.17, 15) is 9.90 Å². The van der Waals surface area contributed by atoms with Gasteiger partial charge in [-0.15, -0.1) is 0 Å². The van der Waals surface area contributed by atoms with Crippen molar-refractivity contribution in [3.8, 4) is 0 Å². The zero-order valence-corrected chi connectivity index (χ0v) is 9.32. The van der Waals surface area contributed by atoms with Gasteiger partial charge in [0.05, 0.1) is 18.1 Å². The molecule has 1 spiro atoms. The van der Waals surface area contributed by atoms with Crippen LogP contribution in [0.25, 0.3) is 0 Å². The number of hydrogen-bond donors (Lipinski definition) is 2. The van der Waals surface area contributed by atoms with Crippen LogP contribution in [0.2, 0.25) is 0 Å². The van der Waals surface area contributed by atoms with Gasteiger partial charge < -0.3 is 15.2 Å². The maximum Gasteiger partial charge on any atom is 0.308 e. The topological polar surface area (TPSA) is 58.6 Å². The lowest BCUT2D eigenvalue weighted by Gasteiger charge is -2.42. The Kier molecular flexibility index (Phi) is 2.73. The fourth-order valence-corrected chi connectivity index (χ4v) is 3.30. The minimum atomic E-state index is -0.665. The largest absolute Gasteiger partial charge is 0.481 e. The van der Waals surface area contributed by atoms with E-state index < -0.39 is 5.97 Å². The molecule has 2 aliphatic rings. The van der Waals surface area contributed by atoms with Crippen molar-refractivity contribution in [1.29, 1.82) is 0 Å². The molecule has 2 aliphatic heterocycles. The predicted molar refractivity (Wildman–Crippen MR) is 55.7 cm³/mol. The van der Waals surface area contributed by atoms with E-state index in [0.717, 1.165) is 19.4 Å². The van der Waals surface area contributed by atoms with Gasteiger partial charge in [0.25, 0.3) is 0 Å². The molecule has 86 valence electrons. The van der Waals surface area contributed by atoms with Crippen molar-refractivity contribution < 1.29 is 14.6 Å². The Morgan fingerprint density at radius 3 is 2.53 bits per heavy atom. The van der Waals surface area contributed by atoms with Crippen molar-refractivity contribution in [3.05, 3.63) is 0 Å². The van der Waals surface area contributed by atoms with Gasteiger partial charge in [0.1, 0.15) is 0 Å². The summed E-state index contributed by atoms with van der Waals surface area (Å²) in [6.45, 7) is 5.50. The molecule has 2 fully saturated rings. The van der Waals surface area contributed by atoms with Crippen LogP contribution in [0.3, 0.4) is 0 Å². The highest BCUT2D eigenvalue weighted by atomic mass is 16.5. The molecule has 2 rings (SSSR count). The van der Waals surface area contributed by atoms with E-state index in [1.807, 2.05) is 13.8 Å². The lowest BCUT2D eigenvalue weighted by molar-refractivity contribution is -0.151. The van der Waals surface area contributed by atoms with Crippen molar-refractivity contribution in [3.63, 3.8) is 0 Å². The minimum absolute atomic E-state index is 0.0804. The Labute approximate surface area is 90.0 Å². The van der Waals surface area contributed by atoms with Crippen LogP contribution in [0.1, 0.15) is 26.7 Å². The van der Waals surface area contributed by atoms with Crippen LogP contribution in [0.4, 0.5) is 0 Å². The van der Waals surface area contributed by atoms with E-state index in [0.29, 0.717) is 6.54 Å². The normalized spacial score (nSPS) is 45.9. The number of carboxylic acid groups (broad SMARTS) is 1. The molecule has 0 amide bonds. The summed E-state index contributed by atoms with van der Waals surface area (Å²) in [6.07, 6.45) is 2.08. The summed E-state index contributed by atoms with van der Waals surface area (Å²) in [4.78, 5) is 11.2. The van der Waals surface area contributed by atoms with Crippen LogP contribution in [0.5, 0.6) is 0 Å². The number of carboxylic acids is 1. The second kappa shape index (κ2) is 3.76. The lowest BCUT2D eigenvalue weighted by atomic mass is 9.69. The fourth-order valence-electron chi connectivity index (χ4n) is 3.30. The highest BCUT2D eigenvalue weighted by molar-refractivity contribution is 5.72. The maximum absolute atomic E-state index is 11.2. The molecule has 4 heteroatoms. The molecular formula is C11H19NO3. The maximum atomic E-state index is 11.2. The molecule has 2 saturated heterocycles. The van der Waals surface area contributed by atoms with E-state index in [1.54, 1.807) is 0 Å². The second-order valence-corrected chi connectivity index (χ2v) is 5.05. The number of carbonyl (C=O) groups is 1. The molecule has 15 heavy (non-hydrogen) atoms. The SMILES string of the molecule is CC1CC2(CNCC2C(=O)O)CC(C)O1. The van der Waals surface area contributed by atoms with Crippen LogP contribution < -0.4 is 5.32 Å². The average molecular weight is 213 g/mol. The Morgan fingerprint density at radius 1 is 1.40 bits per heavy atom. The molecule has 0 saturated carbocycles. The Balaban J connectivity index is 2.19. The molecule has 3 atom stereocenters. The second-order valence-electron chi connectivity index (χ2n) is 5.05. The van der Waals surface area contributed by atoms with Gasteiger partial charge in [-0.05, 0) is 26.7 Å². The van der Waals surface area contributed by atoms with E-state index in [1.165, 1.54) is 0 Å². The first-order chi connectivity index (χ1) is 7.03. The van der Waals surface area contributed by atoms with E-state index in [2.05, 4.69) is 5.32 Å². The molecule has 0 bridgehead atoms. The van der Waals surface area contributed by atoms with Gasteiger partial charge >= 0.3 is 5.97 Å². The zero-order chi connectivity index (χ0) is 11.1. The van der Waals surface area contributed by atoms with Crippen LogP contribution in [0.15, 0.2) is 0 Å². The Hall–Kier alpha value is -0.610. The van der Waals surface area contributed by atoms with Crippen molar-refractivity contribution in [2.24, 2.45) is 11.3 Å². The van der Waals surface area contributed by atoms with Gasteiger partial charge in [0, 0.05) is 18.5 Å². The summed E-state index contributed by atoms with van der Waals surface area (Å²) >= 11 is 0. The molecule has 0 aromatic heterocycles. The Morgan fingerprint density at radius 2 is 2.00 bits per heavy atom. The van der Waals surface area contributed by atoms with Gasteiger partial charge in [-0.1, -0.05) is 0 Å². The number of nitrogens with one attached hydrogen (secondary N) is 1. The van der Waals surface area contributed by atoms with Gasteiger partial charge in [-0.3, -0.25) is 4.79 Å². The summed E-state index contributed by atoms with van der Waals surface area (Å²) in [7, 11) is 0. The zero-order valence-electron chi connectivity index (χ0n) is 9.32. The highest BCUT2D eigenvalue weighted by Gasteiger charge is 2.50. The van der Waals surface area contributed by atoms with Crippen LogP contribution >= 0.6 is 0 Å². The number of aliphatic carboxylic acids is 1. The van der Waals surface area contributed by atoms with Gasteiger partial charge in [-0.25, -0.2) is 0 Å². The van der Waals surface area contributed by atoms with E-state index in [4.69, 9.17) is 4.74 Å². The van der Waals surface area contributed by atoms with Crippen LogP contribution in [0, 0.1) is 11.3 Å². The van der Waals surface area contributed by atoms with Crippen LogP contribution in [-0.4, -0.2) is 36.4 Å². The van der Waals surface area contributed by atoms with Gasteiger partial charge in [-0.2, -0.15) is 0 Å². The van der Waals surface area contributed by atoms with E-state index >= 15 is 0 Å². The summed E-state index contributed by atoms with van der Waals surface area (Å²) in [5.41, 5.74) is -0.0804. The molecule has 2 N–H and O–H groups in total. The summed E-state index contributed by atoms with van der Waals surface area (Å²) in [5.74, 6) is -0.910. The predicted octanol–water partition coefficient (Wildman–Crippen LogP) is 0.864. The summed E-state index contributed by atoms with van der Waals surface area (Å²) in [6, 6.07) is 0. The number of rotatable bonds is 1. The molecule has 2 heterocycles. The van der Waals surface area contributed by atoms with E-state index in [-0.39, 0.29) is 23.5 Å². The molecule has 4 nitrogen and oxygen atoms in total. The molecule has 0 radical (unpaired) electrons. The first-order valence-corrected chi connectivity index (χ1v) is 5.62. The molecular weight excluding hydrogens is 194 g/mol. The van der Waals surface area contributed by atoms with Crippen molar-refractivity contribution >= 4 is 5.97 Å². The quantitative estimate of drug-likeness (QED) is 0.678. The van der Waals surface area contributed by atoms with Gasteiger partial charge in [0.2, 0.25) is 0 Å². The third-order valence-corrected chi connectivity index (χ3v) is 3.72. The minimum Gasteiger partial charge on any atom is -0.481 e. The molecule has 0 aromatic rings. The van der Waals surface area contributed by atoms with Gasteiger partial charge in [0.15, 0.2) is 0 Å². The number of ether oxygens (including phenoxy) is 1. The first kappa shape index (κ1) is 10.9. The fraction of sp³-hybridized carbons (Fsp3) is 0.909. The molecule has 0 aromatic carbocycles.